The van der Waals surface area contributed by atoms with Crippen molar-refractivity contribution in [2.45, 2.75) is 37.6 Å². The largest absolute Gasteiger partial charge is 0.497 e. The summed E-state index contributed by atoms with van der Waals surface area (Å²) in [5, 5.41) is 1.22. The summed E-state index contributed by atoms with van der Waals surface area (Å²) in [6.45, 7) is 3.02. The third kappa shape index (κ3) is 4.57. The lowest BCUT2D eigenvalue weighted by molar-refractivity contribution is -0.133. The van der Waals surface area contributed by atoms with Crippen LogP contribution in [0.1, 0.15) is 48.2 Å². The molecule has 0 radical (unpaired) electrons. The van der Waals surface area contributed by atoms with Gasteiger partial charge in [0.25, 0.3) is 0 Å². The number of para-hydroxylation sites is 1. The van der Waals surface area contributed by atoms with Gasteiger partial charge in [-0.05, 0) is 50.4 Å². The highest BCUT2D eigenvalue weighted by Crippen LogP contribution is 2.39. The van der Waals surface area contributed by atoms with Crippen molar-refractivity contribution in [3.8, 4) is 11.5 Å². The predicted molar refractivity (Wildman–Crippen MR) is 131 cm³/mol. The Hall–Kier alpha value is -2.64. The maximum atomic E-state index is 13.2. The van der Waals surface area contributed by atoms with Gasteiger partial charge in [0.2, 0.25) is 5.91 Å². The highest BCUT2D eigenvalue weighted by molar-refractivity contribution is 7.18. The number of ether oxygens (including phenoxy) is 2. The zero-order valence-electron chi connectivity index (χ0n) is 19.3. The van der Waals surface area contributed by atoms with E-state index in [0.717, 1.165) is 67.9 Å². The molecule has 2 saturated heterocycles. The lowest BCUT2D eigenvalue weighted by Gasteiger charge is -2.33. The number of aromatic nitrogens is 1. The first kappa shape index (κ1) is 22.2. The molecule has 0 unspecified atom stereocenters. The van der Waals surface area contributed by atoms with E-state index in [1.807, 2.05) is 23.1 Å². The Bertz CT molecular complexity index is 1090. The van der Waals surface area contributed by atoms with E-state index in [4.69, 9.17) is 14.5 Å². The van der Waals surface area contributed by atoms with Crippen LogP contribution >= 0.6 is 11.3 Å². The van der Waals surface area contributed by atoms with Crippen molar-refractivity contribution in [1.82, 2.24) is 14.8 Å². The number of likely N-dealkylation sites (tertiary alicyclic amines) is 2. The van der Waals surface area contributed by atoms with Crippen molar-refractivity contribution in [2.24, 2.45) is 0 Å². The number of piperidine rings is 1. The summed E-state index contributed by atoms with van der Waals surface area (Å²) in [6.07, 6.45) is 4.10. The van der Waals surface area contributed by atoms with Crippen molar-refractivity contribution in [3.63, 3.8) is 0 Å². The molecule has 1 aromatic heterocycles. The van der Waals surface area contributed by atoms with Gasteiger partial charge in [-0.1, -0.05) is 18.2 Å². The lowest BCUT2D eigenvalue weighted by atomic mass is 9.97. The summed E-state index contributed by atoms with van der Waals surface area (Å²) >= 11 is 1.80. The number of hydrogen-bond donors (Lipinski definition) is 0. The monoisotopic (exact) mass is 465 g/mol. The van der Waals surface area contributed by atoms with Gasteiger partial charge in [0, 0.05) is 36.7 Å². The highest BCUT2D eigenvalue weighted by atomic mass is 32.1. The van der Waals surface area contributed by atoms with Gasteiger partial charge in [-0.2, -0.15) is 0 Å². The number of amides is 1. The van der Waals surface area contributed by atoms with E-state index >= 15 is 0 Å². The van der Waals surface area contributed by atoms with Gasteiger partial charge >= 0.3 is 0 Å². The Labute approximate surface area is 199 Å². The Morgan fingerprint density at radius 1 is 1.06 bits per heavy atom. The number of rotatable bonds is 6. The topological polar surface area (TPSA) is 54.9 Å². The third-order valence-electron chi connectivity index (χ3n) is 7.01. The van der Waals surface area contributed by atoms with E-state index in [9.17, 15) is 4.79 Å². The number of benzene rings is 2. The van der Waals surface area contributed by atoms with Gasteiger partial charge < -0.3 is 14.4 Å². The number of thiazole rings is 1. The van der Waals surface area contributed by atoms with E-state index in [0.29, 0.717) is 12.5 Å². The molecule has 2 fully saturated rings. The van der Waals surface area contributed by atoms with E-state index in [1.165, 1.54) is 9.71 Å². The summed E-state index contributed by atoms with van der Waals surface area (Å²) in [7, 11) is 3.35. The van der Waals surface area contributed by atoms with Crippen LogP contribution in [0.2, 0.25) is 0 Å². The van der Waals surface area contributed by atoms with Gasteiger partial charge in [0.1, 0.15) is 11.5 Å². The van der Waals surface area contributed by atoms with E-state index < -0.39 is 0 Å². The number of carbonyl (C=O) groups is 1. The fourth-order valence-corrected chi connectivity index (χ4v) is 6.31. The summed E-state index contributed by atoms with van der Waals surface area (Å²) in [5.74, 6) is 2.30. The number of hydrogen-bond acceptors (Lipinski definition) is 6. The SMILES string of the molecule is COc1ccc([C@H]2CCCN2CC(=O)N2CCC(c3nc4ccccc4s3)CC2)c(OC)c1. The Morgan fingerprint density at radius 3 is 2.64 bits per heavy atom. The molecule has 3 heterocycles. The molecule has 6 nitrogen and oxygen atoms in total. The quantitative estimate of drug-likeness (QED) is 0.521. The van der Waals surface area contributed by atoms with Crippen molar-refractivity contribution in [3.05, 3.63) is 53.0 Å². The van der Waals surface area contributed by atoms with Gasteiger partial charge in [-0.25, -0.2) is 4.98 Å². The van der Waals surface area contributed by atoms with Crippen LogP contribution in [0, 0.1) is 0 Å². The molecule has 174 valence electrons. The molecule has 5 rings (SSSR count). The summed E-state index contributed by atoms with van der Waals surface area (Å²) < 4.78 is 12.2. The first-order valence-corrected chi connectivity index (χ1v) is 12.6. The van der Waals surface area contributed by atoms with Crippen LogP contribution < -0.4 is 9.47 Å². The molecule has 0 aliphatic carbocycles. The summed E-state index contributed by atoms with van der Waals surface area (Å²) in [6, 6.07) is 14.5. The fourth-order valence-electron chi connectivity index (χ4n) is 5.18. The van der Waals surface area contributed by atoms with Gasteiger partial charge in [0.15, 0.2) is 0 Å². The molecule has 3 aromatic rings. The van der Waals surface area contributed by atoms with Crippen LogP contribution in [-0.2, 0) is 4.79 Å². The zero-order chi connectivity index (χ0) is 22.8. The second-order valence-corrected chi connectivity index (χ2v) is 9.97. The molecule has 2 aromatic carbocycles. The molecule has 1 atom stereocenters. The smallest absolute Gasteiger partial charge is 0.236 e. The standard InChI is InChI=1S/C26H31N3O3S/c1-31-19-9-10-20(23(16-19)32-2)22-7-5-13-29(22)17-25(30)28-14-11-18(12-15-28)26-27-21-6-3-4-8-24(21)33-26/h3-4,6,8-10,16,18,22H,5,7,11-15,17H2,1-2H3/t22-/m1/s1. The minimum Gasteiger partial charge on any atom is -0.497 e. The van der Waals surface area contributed by atoms with Crippen LogP contribution in [0.15, 0.2) is 42.5 Å². The van der Waals surface area contributed by atoms with Crippen molar-refractivity contribution in [1.29, 1.82) is 0 Å². The minimum atomic E-state index is 0.204. The second-order valence-electron chi connectivity index (χ2n) is 8.91. The van der Waals surface area contributed by atoms with E-state index in [2.05, 4.69) is 29.2 Å². The number of nitrogens with zero attached hydrogens (tertiary/aromatic N) is 3. The van der Waals surface area contributed by atoms with Crippen LogP contribution in [0.25, 0.3) is 10.2 Å². The maximum absolute atomic E-state index is 13.2. The molecule has 2 aliphatic rings. The van der Waals surface area contributed by atoms with E-state index in [-0.39, 0.29) is 11.9 Å². The Morgan fingerprint density at radius 2 is 1.88 bits per heavy atom. The van der Waals surface area contributed by atoms with E-state index in [1.54, 1.807) is 25.6 Å². The second kappa shape index (κ2) is 9.69. The number of methoxy groups -OCH3 is 2. The Balaban J connectivity index is 1.21. The van der Waals surface area contributed by atoms with Crippen molar-refractivity contribution < 1.29 is 14.3 Å². The normalized spacial score (nSPS) is 19.8. The van der Waals surface area contributed by atoms with Gasteiger partial charge in [0.05, 0.1) is 36.0 Å². The molecular weight excluding hydrogens is 434 g/mol. The molecule has 2 aliphatic heterocycles. The zero-order valence-corrected chi connectivity index (χ0v) is 20.1. The van der Waals surface area contributed by atoms with Crippen LogP contribution in [-0.4, -0.2) is 61.1 Å². The molecular formula is C26H31N3O3S. The van der Waals surface area contributed by atoms with Crippen LogP contribution in [0.4, 0.5) is 0 Å². The summed E-state index contributed by atoms with van der Waals surface area (Å²) in [5.41, 5.74) is 2.23. The van der Waals surface area contributed by atoms with Gasteiger partial charge in [-0.15, -0.1) is 11.3 Å². The van der Waals surface area contributed by atoms with Gasteiger partial charge in [-0.3, -0.25) is 9.69 Å². The highest BCUT2D eigenvalue weighted by Gasteiger charge is 2.32. The lowest BCUT2D eigenvalue weighted by Crippen LogP contribution is -2.43. The average molecular weight is 466 g/mol. The molecule has 0 N–H and O–H groups in total. The molecule has 7 heteroatoms. The predicted octanol–water partition coefficient (Wildman–Crippen LogP) is 4.86. The first-order valence-electron chi connectivity index (χ1n) is 11.8. The maximum Gasteiger partial charge on any atom is 0.236 e. The molecule has 0 saturated carbocycles. The molecule has 0 bridgehead atoms. The number of carbonyl (C=O) groups excluding carboxylic acids is 1. The average Bonchev–Trinajstić information content (AvgIpc) is 3.50. The van der Waals surface area contributed by atoms with Crippen molar-refractivity contribution in [2.75, 3.05) is 40.4 Å². The Kier molecular flexibility index (Phi) is 6.51. The molecule has 33 heavy (non-hydrogen) atoms. The van der Waals surface area contributed by atoms with Crippen molar-refractivity contribution >= 4 is 27.5 Å². The number of fused-ring (bicyclic) bond motifs is 1. The minimum absolute atomic E-state index is 0.204. The van der Waals surface area contributed by atoms with Crippen LogP contribution in [0.3, 0.4) is 0 Å². The third-order valence-corrected chi connectivity index (χ3v) is 8.21. The molecule has 1 amide bonds. The van der Waals surface area contributed by atoms with Crippen LogP contribution in [0.5, 0.6) is 11.5 Å². The summed E-state index contributed by atoms with van der Waals surface area (Å²) in [4.78, 5) is 22.4. The first-order chi connectivity index (χ1) is 16.2. The molecule has 0 spiro atoms. The fraction of sp³-hybridized carbons (Fsp3) is 0.462.